The third-order valence-corrected chi connectivity index (χ3v) is 4.23. The van der Waals surface area contributed by atoms with Gasteiger partial charge in [-0.1, -0.05) is 39.0 Å². The van der Waals surface area contributed by atoms with Crippen LogP contribution >= 0.6 is 11.8 Å². The van der Waals surface area contributed by atoms with Gasteiger partial charge in [0.05, 0.1) is 6.54 Å². The molecular weight excluding hydrogens is 230 g/mol. The highest BCUT2D eigenvalue weighted by Gasteiger charge is 2.18. The van der Waals surface area contributed by atoms with Gasteiger partial charge in [-0.3, -0.25) is 4.99 Å². The van der Waals surface area contributed by atoms with E-state index in [9.17, 15) is 0 Å². The molecule has 0 saturated heterocycles. The summed E-state index contributed by atoms with van der Waals surface area (Å²) >= 11 is 1.93. The van der Waals surface area contributed by atoms with Crippen molar-refractivity contribution in [2.75, 3.05) is 32.7 Å². The van der Waals surface area contributed by atoms with Crippen LogP contribution < -0.4 is 5.32 Å². The molecule has 0 aliphatic carbocycles. The lowest BCUT2D eigenvalue weighted by Crippen LogP contribution is -2.34. The van der Waals surface area contributed by atoms with Gasteiger partial charge in [-0.2, -0.15) is 0 Å². The van der Waals surface area contributed by atoms with Gasteiger partial charge in [-0.15, -0.1) is 0 Å². The lowest BCUT2D eigenvalue weighted by Gasteiger charge is -2.19. The highest BCUT2D eigenvalue weighted by molar-refractivity contribution is 8.14. The Labute approximate surface area is 110 Å². The highest BCUT2D eigenvalue weighted by Crippen LogP contribution is 2.23. The van der Waals surface area contributed by atoms with Crippen LogP contribution in [-0.4, -0.2) is 48.0 Å². The summed E-state index contributed by atoms with van der Waals surface area (Å²) in [4.78, 5) is 7.04. The van der Waals surface area contributed by atoms with Gasteiger partial charge in [0.25, 0.3) is 0 Å². The molecule has 4 heteroatoms. The standard InChI is InChI=1S/C13H27N3S/c1-4-7-12-11-15-13(17-12)14-8-10-16(6-3)9-5-2/h12H,4-11H2,1-3H3,(H,14,15). The predicted octanol–water partition coefficient (Wildman–Crippen LogP) is 2.58. The van der Waals surface area contributed by atoms with Gasteiger partial charge in [-0.25, -0.2) is 0 Å². The van der Waals surface area contributed by atoms with Crippen LogP contribution in [0.4, 0.5) is 0 Å². The number of nitrogens with zero attached hydrogens (tertiary/aromatic N) is 2. The summed E-state index contributed by atoms with van der Waals surface area (Å²) in [6.07, 6.45) is 3.79. The number of amidine groups is 1. The number of thioether (sulfide) groups is 1. The summed E-state index contributed by atoms with van der Waals surface area (Å²) in [5, 5.41) is 5.35. The van der Waals surface area contributed by atoms with E-state index in [0.29, 0.717) is 0 Å². The Hall–Kier alpha value is -0.220. The van der Waals surface area contributed by atoms with E-state index in [2.05, 4.69) is 36.0 Å². The Balaban J connectivity index is 2.11. The van der Waals surface area contributed by atoms with Crippen LogP contribution in [0, 0.1) is 0 Å². The van der Waals surface area contributed by atoms with Crippen LogP contribution in [0.1, 0.15) is 40.0 Å². The summed E-state index contributed by atoms with van der Waals surface area (Å²) < 4.78 is 0. The molecule has 1 atom stereocenters. The molecule has 0 aromatic rings. The first-order valence-corrected chi connectivity index (χ1v) is 7.85. The number of hydrogen-bond donors (Lipinski definition) is 1. The topological polar surface area (TPSA) is 27.6 Å². The maximum absolute atomic E-state index is 4.55. The maximum Gasteiger partial charge on any atom is 0.156 e. The van der Waals surface area contributed by atoms with Crippen LogP contribution in [0.25, 0.3) is 0 Å². The Morgan fingerprint density at radius 2 is 2.12 bits per heavy atom. The fourth-order valence-corrected chi connectivity index (χ4v) is 3.20. The number of aliphatic imine (C=N–C) groups is 1. The summed E-state index contributed by atoms with van der Waals surface area (Å²) in [5.74, 6) is 0. The van der Waals surface area contributed by atoms with Gasteiger partial charge < -0.3 is 10.2 Å². The summed E-state index contributed by atoms with van der Waals surface area (Å²) in [6.45, 7) is 12.2. The molecule has 1 unspecified atom stereocenters. The molecule has 100 valence electrons. The van der Waals surface area contributed by atoms with Gasteiger partial charge >= 0.3 is 0 Å². The molecule has 0 saturated carbocycles. The maximum atomic E-state index is 4.55. The molecule has 1 rings (SSSR count). The Kier molecular flexibility index (Phi) is 7.69. The van der Waals surface area contributed by atoms with Gasteiger partial charge in [-0.05, 0) is 25.9 Å². The second-order valence-electron chi connectivity index (χ2n) is 4.54. The number of hydrogen-bond acceptors (Lipinski definition) is 4. The van der Waals surface area contributed by atoms with Gasteiger partial charge in [0.2, 0.25) is 0 Å². The number of likely N-dealkylation sites (N-methyl/N-ethyl adjacent to an activating group) is 1. The average Bonchev–Trinajstić information content (AvgIpc) is 2.76. The van der Waals surface area contributed by atoms with E-state index in [4.69, 9.17) is 0 Å². The van der Waals surface area contributed by atoms with E-state index in [1.54, 1.807) is 0 Å². The van der Waals surface area contributed by atoms with Crippen molar-refractivity contribution in [3.05, 3.63) is 0 Å². The summed E-state index contributed by atoms with van der Waals surface area (Å²) in [5.41, 5.74) is 0. The molecule has 0 spiro atoms. The fraction of sp³-hybridized carbons (Fsp3) is 0.923. The van der Waals surface area contributed by atoms with E-state index in [-0.39, 0.29) is 0 Å². The third kappa shape index (κ3) is 5.77. The zero-order chi connectivity index (χ0) is 12.5. The molecule has 0 amide bonds. The number of rotatable bonds is 8. The van der Waals surface area contributed by atoms with Crippen LogP contribution in [0.2, 0.25) is 0 Å². The van der Waals surface area contributed by atoms with Crippen LogP contribution in [-0.2, 0) is 0 Å². The Morgan fingerprint density at radius 3 is 2.76 bits per heavy atom. The fourth-order valence-electron chi connectivity index (χ4n) is 2.05. The quantitative estimate of drug-likeness (QED) is 0.724. The monoisotopic (exact) mass is 257 g/mol. The van der Waals surface area contributed by atoms with Crippen LogP contribution in [0.3, 0.4) is 0 Å². The molecule has 1 N–H and O–H groups in total. The Bertz CT molecular complexity index is 231. The minimum Gasteiger partial charge on any atom is -0.364 e. The largest absolute Gasteiger partial charge is 0.364 e. The second-order valence-corrected chi connectivity index (χ2v) is 5.82. The molecule has 0 fully saturated rings. The lowest BCUT2D eigenvalue weighted by atomic mass is 10.2. The molecular formula is C13H27N3S. The van der Waals surface area contributed by atoms with Gasteiger partial charge in [0.1, 0.15) is 0 Å². The van der Waals surface area contributed by atoms with Crippen molar-refractivity contribution in [1.82, 2.24) is 10.2 Å². The van der Waals surface area contributed by atoms with Crippen LogP contribution in [0.5, 0.6) is 0 Å². The smallest absolute Gasteiger partial charge is 0.156 e. The zero-order valence-electron chi connectivity index (χ0n) is 11.5. The molecule has 3 nitrogen and oxygen atoms in total. The third-order valence-electron chi connectivity index (χ3n) is 3.02. The van der Waals surface area contributed by atoms with Crippen molar-refractivity contribution in [1.29, 1.82) is 0 Å². The molecule has 1 heterocycles. The molecule has 1 aliphatic rings. The van der Waals surface area contributed by atoms with Crippen molar-refractivity contribution in [3.8, 4) is 0 Å². The van der Waals surface area contributed by atoms with Crippen molar-refractivity contribution in [3.63, 3.8) is 0 Å². The zero-order valence-corrected chi connectivity index (χ0v) is 12.4. The first-order chi connectivity index (χ1) is 8.30. The molecule has 0 bridgehead atoms. The predicted molar refractivity (Wildman–Crippen MR) is 79.0 cm³/mol. The highest BCUT2D eigenvalue weighted by atomic mass is 32.2. The normalized spacial score (nSPS) is 19.8. The van der Waals surface area contributed by atoms with E-state index < -0.39 is 0 Å². The van der Waals surface area contributed by atoms with E-state index in [1.165, 1.54) is 25.8 Å². The van der Waals surface area contributed by atoms with Crippen LogP contribution in [0.15, 0.2) is 4.99 Å². The number of nitrogens with one attached hydrogen (secondary N) is 1. The van der Waals surface area contributed by atoms with Crippen molar-refractivity contribution < 1.29 is 0 Å². The molecule has 1 aliphatic heterocycles. The first kappa shape index (κ1) is 14.8. The van der Waals surface area contributed by atoms with Gasteiger partial charge in [0, 0.05) is 18.3 Å². The lowest BCUT2D eigenvalue weighted by molar-refractivity contribution is 0.293. The summed E-state index contributed by atoms with van der Waals surface area (Å²) in [6, 6.07) is 0. The van der Waals surface area contributed by atoms with Crippen molar-refractivity contribution in [2.45, 2.75) is 45.3 Å². The average molecular weight is 257 g/mol. The van der Waals surface area contributed by atoms with E-state index in [1.807, 2.05) is 11.8 Å². The molecule has 0 radical (unpaired) electrons. The van der Waals surface area contributed by atoms with Crippen molar-refractivity contribution in [2.24, 2.45) is 4.99 Å². The van der Waals surface area contributed by atoms with Crippen molar-refractivity contribution >= 4 is 16.9 Å². The SMILES string of the molecule is CCCC1CN=C(NCCN(CC)CCC)S1. The van der Waals surface area contributed by atoms with E-state index >= 15 is 0 Å². The van der Waals surface area contributed by atoms with E-state index in [0.717, 1.165) is 36.6 Å². The molecule has 17 heavy (non-hydrogen) atoms. The molecule has 0 aromatic carbocycles. The second kappa shape index (κ2) is 8.81. The molecule has 0 aromatic heterocycles. The minimum absolute atomic E-state index is 0.723. The Morgan fingerprint density at radius 1 is 1.29 bits per heavy atom. The first-order valence-electron chi connectivity index (χ1n) is 6.97. The minimum atomic E-state index is 0.723. The van der Waals surface area contributed by atoms with Gasteiger partial charge in [0.15, 0.2) is 5.17 Å². The summed E-state index contributed by atoms with van der Waals surface area (Å²) in [7, 11) is 0.